The van der Waals surface area contributed by atoms with Gasteiger partial charge in [-0.2, -0.15) is 10.2 Å². The summed E-state index contributed by atoms with van der Waals surface area (Å²) in [7, 11) is 0. The van der Waals surface area contributed by atoms with E-state index in [1.54, 1.807) is 0 Å². The SMILES string of the molecule is N#Cc1nc(-c2ccccc2)oc1NCCCO. The Kier molecular flexibility index (Phi) is 3.94. The highest BCUT2D eigenvalue weighted by Crippen LogP contribution is 2.24. The van der Waals surface area contributed by atoms with E-state index in [1.165, 1.54) is 0 Å². The van der Waals surface area contributed by atoms with Crippen LogP contribution in [-0.4, -0.2) is 23.2 Å². The molecule has 5 heteroatoms. The van der Waals surface area contributed by atoms with Crippen molar-refractivity contribution in [3.8, 4) is 17.5 Å². The summed E-state index contributed by atoms with van der Waals surface area (Å²) in [5, 5.41) is 20.6. The van der Waals surface area contributed by atoms with Gasteiger partial charge in [0, 0.05) is 18.7 Å². The van der Waals surface area contributed by atoms with Gasteiger partial charge in [0.05, 0.1) is 0 Å². The molecule has 0 aliphatic heterocycles. The Morgan fingerprint density at radius 2 is 2.11 bits per heavy atom. The van der Waals surface area contributed by atoms with E-state index in [0.29, 0.717) is 24.7 Å². The highest BCUT2D eigenvalue weighted by Gasteiger charge is 2.13. The fraction of sp³-hybridized carbons (Fsp3) is 0.231. The predicted molar refractivity (Wildman–Crippen MR) is 66.8 cm³/mol. The molecule has 1 heterocycles. The smallest absolute Gasteiger partial charge is 0.232 e. The van der Waals surface area contributed by atoms with Gasteiger partial charge in [-0.1, -0.05) is 18.2 Å². The van der Waals surface area contributed by atoms with Crippen molar-refractivity contribution in [2.45, 2.75) is 6.42 Å². The van der Waals surface area contributed by atoms with Crippen LogP contribution in [0.2, 0.25) is 0 Å². The second-order valence-corrected chi connectivity index (χ2v) is 3.68. The van der Waals surface area contributed by atoms with E-state index in [-0.39, 0.29) is 12.3 Å². The number of aromatic nitrogens is 1. The Bertz CT molecular complexity index is 543. The first-order valence-electron chi connectivity index (χ1n) is 5.66. The molecule has 0 unspecified atom stereocenters. The topological polar surface area (TPSA) is 82.1 Å². The maximum absolute atomic E-state index is 8.97. The molecule has 0 bridgehead atoms. The third kappa shape index (κ3) is 2.67. The van der Waals surface area contributed by atoms with E-state index in [2.05, 4.69) is 10.3 Å². The van der Waals surface area contributed by atoms with Crippen LogP contribution in [0.5, 0.6) is 0 Å². The molecule has 2 rings (SSSR count). The van der Waals surface area contributed by atoms with Crippen molar-refractivity contribution in [1.82, 2.24) is 4.98 Å². The number of hydrogen-bond acceptors (Lipinski definition) is 5. The highest BCUT2D eigenvalue weighted by molar-refractivity contribution is 5.58. The van der Waals surface area contributed by atoms with Crippen LogP contribution in [0, 0.1) is 11.3 Å². The molecule has 0 aliphatic carbocycles. The zero-order valence-electron chi connectivity index (χ0n) is 9.76. The molecular weight excluding hydrogens is 230 g/mol. The molecule has 0 amide bonds. The minimum Gasteiger partial charge on any atom is -0.419 e. The van der Waals surface area contributed by atoms with Crippen molar-refractivity contribution < 1.29 is 9.52 Å². The second kappa shape index (κ2) is 5.84. The van der Waals surface area contributed by atoms with E-state index in [0.717, 1.165) is 5.56 Å². The van der Waals surface area contributed by atoms with Crippen molar-refractivity contribution in [2.75, 3.05) is 18.5 Å². The average Bonchev–Trinajstić information content (AvgIpc) is 2.83. The van der Waals surface area contributed by atoms with Crippen LogP contribution in [0.15, 0.2) is 34.7 Å². The lowest BCUT2D eigenvalue weighted by atomic mass is 10.2. The number of nitrogens with zero attached hydrogens (tertiary/aromatic N) is 2. The van der Waals surface area contributed by atoms with Crippen LogP contribution < -0.4 is 5.32 Å². The minimum absolute atomic E-state index is 0.0918. The molecule has 1 aromatic carbocycles. The summed E-state index contributed by atoms with van der Waals surface area (Å²) < 4.78 is 5.51. The van der Waals surface area contributed by atoms with Gasteiger partial charge in [-0.3, -0.25) is 0 Å². The number of aliphatic hydroxyl groups excluding tert-OH is 1. The zero-order chi connectivity index (χ0) is 12.8. The van der Waals surface area contributed by atoms with Crippen molar-refractivity contribution in [1.29, 1.82) is 5.26 Å². The zero-order valence-corrected chi connectivity index (χ0v) is 9.76. The van der Waals surface area contributed by atoms with Crippen molar-refractivity contribution in [3.05, 3.63) is 36.0 Å². The number of aliphatic hydroxyl groups is 1. The Morgan fingerprint density at radius 3 is 2.78 bits per heavy atom. The van der Waals surface area contributed by atoms with Crippen LogP contribution in [0.3, 0.4) is 0 Å². The van der Waals surface area contributed by atoms with Gasteiger partial charge < -0.3 is 14.8 Å². The van der Waals surface area contributed by atoms with E-state index in [1.807, 2.05) is 36.4 Å². The van der Waals surface area contributed by atoms with Crippen molar-refractivity contribution in [3.63, 3.8) is 0 Å². The summed E-state index contributed by atoms with van der Waals surface area (Å²) >= 11 is 0. The monoisotopic (exact) mass is 243 g/mol. The first kappa shape index (κ1) is 12.1. The first-order chi connectivity index (χ1) is 8.85. The molecule has 2 aromatic rings. The number of benzene rings is 1. The predicted octanol–water partition coefficient (Wildman–Crippen LogP) is 2.01. The van der Waals surface area contributed by atoms with E-state index in [4.69, 9.17) is 14.8 Å². The standard InChI is InChI=1S/C13H13N3O2/c14-9-11-13(15-7-4-8-17)18-12(16-11)10-5-2-1-3-6-10/h1-3,5-6,15,17H,4,7-8H2. The molecule has 0 aliphatic rings. The second-order valence-electron chi connectivity index (χ2n) is 3.68. The van der Waals surface area contributed by atoms with Gasteiger partial charge in [0.1, 0.15) is 6.07 Å². The molecule has 18 heavy (non-hydrogen) atoms. The summed E-state index contributed by atoms with van der Waals surface area (Å²) in [6.45, 7) is 0.628. The summed E-state index contributed by atoms with van der Waals surface area (Å²) in [6.07, 6.45) is 0.590. The number of rotatable bonds is 5. The number of oxazole rings is 1. The molecule has 92 valence electrons. The molecule has 1 aromatic heterocycles. The van der Waals surface area contributed by atoms with Gasteiger partial charge in [0.15, 0.2) is 0 Å². The van der Waals surface area contributed by atoms with Crippen molar-refractivity contribution >= 4 is 5.88 Å². The van der Waals surface area contributed by atoms with Gasteiger partial charge in [-0.15, -0.1) is 0 Å². The van der Waals surface area contributed by atoms with Crippen molar-refractivity contribution in [2.24, 2.45) is 0 Å². The molecule has 5 nitrogen and oxygen atoms in total. The minimum atomic E-state index is 0.0918. The molecule has 0 spiro atoms. The lowest BCUT2D eigenvalue weighted by Crippen LogP contribution is -2.03. The van der Waals surface area contributed by atoms with E-state index >= 15 is 0 Å². The Morgan fingerprint density at radius 1 is 1.33 bits per heavy atom. The molecular formula is C13H13N3O2. The van der Waals surface area contributed by atoms with Gasteiger partial charge in [-0.25, -0.2) is 0 Å². The largest absolute Gasteiger partial charge is 0.419 e. The molecule has 0 saturated heterocycles. The van der Waals surface area contributed by atoms with Gasteiger partial charge >= 0.3 is 0 Å². The lowest BCUT2D eigenvalue weighted by Gasteiger charge is -1.99. The molecule has 0 radical (unpaired) electrons. The van der Waals surface area contributed by atoms with E-state index < -0.39 is 0 Å². The molecule has 0 atom stereocenters. The highest BCUT2D eigenvalue weighted by atomic mass is 16.4. The van der Waals surface area contributed by atoms with Crippen LogP contribution in [0.1, 0.15) is 12.1 Å². The molecule has 2 N–H and O–H groups in total. The quantitative estimate of drug-likeness (QED) is 0.785. The van der Waals surface area contributed by atoms with Gasteiger partial charge in [0.25, 0.3) is 0 Å². The average molecular weight is 243 g/mol. The van der Waals surface area contributed by atoms with E-state index in [9.17, 15) is 0 Å². The van der Waals surface area contributed by atoms with Gasteiger partial charge in [-0.05, 0) is 18.6 Å². The summed E-state index contributed by atoms with van der Waals surface area (Å²) in [4.78, 5) is 4.12. The third-order valence-electron chi connectivity index (χ3n) is 2.37. The first-order valence-corrected chi connectivity index (χ1v) is 5.66. The molecule has 0 fully saturated rings. The Hall–Kier alpha value is -2.32. The maximum Gasteiger partial charge on any atom is 0.232 e. The number of hydrogen-bond donors (Lipinski definition) is 2. The van der Waals surface area contributed by atoms with Crippen LogP contribution in [-0.2, 0) is 0 Å². The third-order valence-corrected chi connectivity index (χ3v) is 2.37. The molecule has 0 saturated carbocycles. The number of nitriles is 1. The maximum atomic E-state index is 8.97. The summed E-state index contributed by atoms with van der Waals surface area (Å²) in [5.41, 5.74) is 1.05. The fourth-order valence-electron chi connectivity index (χ4n) is 1.50. The fourth-order valence-corrected chi connectivity index (χ4v) is 1.50. The van der Waals surface area contributed by atoms with Crippen LogP contribution in [0.25, 0.3) is 11.5 Å². The van der Waals surface area contributed by atoms with Crippen LogP contribution >= 0.6 is 0 Å². The van der Waals surface area contributed by atoms with Crippen LogP contribution in [0.4, 0.5) is 5.88 Å². The number of nitrogens with one attached hydrogen (secondary N) is 1. The lowest BCUT2D eigenvalue weighted by molar-refractivity contribution is 0.292. The summed E-state index contributed by atoms with van der Waals surface area (Å²) in [5.74, 6) is 0.767. The van der Waals surface area contributed by atoms with Gasteiger partial charge in [0.2, 0.25) is 17.5 Å². The Balaban J connectivity index is 2.22. The Labute approximate surface area is 105 Å². The summed E-state index contributed by atoms with van der Waals surface area (Å²) in [6, 6.07) is 11.4. The number of anilines is 1. The normalized spacial score (nSPS) is 10.0.